The van der Waals surface area contributed by atoms with Crippen molar-refractivity contribution in [2.75, 3.05) is 39.5 Å². The van der Waals surface area contributed by atoms with Crippen molar-refractivity contribution in [1.82, 2.24) is 15.1 Å². The molecule has 0 radical (unpaired) electrons. The number of amides is 1. The second-order valence-corrected chi connectivity index (χ2v) is 8.02. The highest BCUT2D eigenvalue weighted by Crippen LogP contribution is 2.11. The second kappa shape index (κ2) is 12.2. The van der Waals surface area contributed by atoms with Crippen molar-refractivity contribution in [3.63, 3.8) is 0 Å². The van der Waals surface area contributed by atoms with Crippen molar-refractivity contribution in [3.05, 3.63) is 29.8 Å². The first kappa shape index (κ1) is 25.6. The number of guanidine groups is 1. The van der Waals surface area contributed by atoms with Crippen LogP contribution in [0.25, 0.3) is 0 Å². The summed E-state index contributed by atoms with van der Waals surface area (Å²) in [5.74, 6) is 0.695. The van der Waals surface area contributed by atoms with Gasteiger partial charge in [-0.2, -0.15) is 0 Å². The molecule has 1 N–H and O–H groups in total. The molecule has 1 rings (SSSR count). The molecule has 0 heterocycles. The van der Waals surface area contributed by atoms with Crippen molar-refractivity contribution in [2.24, 2.45) is 4.99 Å². The van der Waals surface area contributed by atoms with Crippen molar-refractivity contribution < 1.29 is 13.2 Å². The molecule has 0 aromatic heterocycles. The summed E-state index contributed by atoms with van der Waals surface area (Å²) >= 11 is 0. The summed E-state index contributed by atoms with van der Waals surface area (Å²) in [5.41, 5.74) is 0.899. The lowest BCUT2D eigenvalue weighted by Crippen LogP contribution is -2.45. The molecule has 154 valence electrons. The van der Waals surface area contributed by atoms with Crippen LogP contribution in [-0.4, -0.2) is 69.6 Å². The minimum absolute atomic E-state index is 0. The van der Waals surface area contributed by atoms with Crippen LogP contribution in [0.2, 0.25) is 0 Å². The molecule has 0 aliphatic heterocycles. The van der Waals surface area contributed by atoms with Gasteiger partial charge in [0.2, 0.25) is 5.91 Å². The van der Waals surface area contributed by atoms with Crippen LogP contribution in [-0.2, 0) is 21.2 Å². The Morgan fingerprint density at radius 1 is 1.11 bits per heavy atom. The lowest BCUT2D eigenvalue weighted by molar-refractivity contribution is -0.131. The Morgan fingerprint density at radius 3 is 2.11 bits per heavy atom. The van der Waals surface area contributed by atoms with Gasteiger partial charge in [0.05, 0.1) is 18.0 Å². The lowest BCUT2D eigenvalue weighted by Gasteiger charge is -2.25. The third-order valence-corrected chi connectivity index (χ3v) is 5.08. The zero-order valence-corrected chi connectivity index (χ0v) is 19.9. The van der Waals surface area contributed by atoms with Crippen molar-refractivity contribution in [2.45, 2.75) is 32.2 Å². The Morgan fingerprint density at radius 2 is 1.67 bits per heavy atom. The third kappa shape index (κ3) is 8.46. The first-order valence-electron chi connectivity index (χ1n) is 8.79. The van der Waals surface area contributed by atoms with Crippen LogP contribution < -0.4 is 5.32 Å². The summed E-state index contributed by atoms with van der Waals surface area (Å²) in [6, 6.07) is 6.68. The first-order chi connectivity index (χ1) is 12.2. The van der Waals surface area contributed by atoms with Crippen molar-refractivity contribution in [1.29, 1.82) is 0 Å². The molecule has 0 fully saturated rings. The van der Waals surface area contributed by atoms with Gasteiger partial charge < -0.3 is 15.1 Å². The fourth-order valence-electron chi connectivity index (χ4n) is 2.43. The maximum absolute atomic E-state index is 12.3. The van der Waals surface area contributed by atoms with E-state index in [2.05, 4.69) is 10.3 Å². The van der Waals surface area contributed by atoms with Gasteiger partial charge in [0.1, 0.15) is 0 Å². The average molecular weight is 510 g/mol. The van der Waals surface area contributed by atoms with Crippen LogP contribution in [0.15, 0.2) is 34.2 Å². The predicted octanol–water partition coefficient (Wildman–Crippen LogP) is 1.97. The lowest BCUT2D eigenvalue weighted by atomic mass is 10.2. The molecule has 0 unspecified atom stereocenters. The van der Waals surface area contributed by atoms with E-state index in [-0.39, 0.29) is 36.4 Å². The standard InChI is InChI=1S/C18H30N4O3S.HI/c1-6-19-18(21(4)14-17(23)22(7-2)8-3)20-13-15-9-11-16(12-10-15)26(5,24)25;/h9-12H,6-8,13-14H2,1-5H3,(H,19,20);1H. The van der Waals surface area contributed by atoms with E-state index in [1.807, 2.05) is 27.8 Å². The summed E-state index contributed by atoms with van der Waals surface area (Å²) < 4.78 is 23.0. The van der Waals surface area contributed by atoms with E-state index in [0.29, 0.717) is 37.0 Å². The van der Waals surface area contributed by atoms with Gasteiger partial charge in [-0.15, -0.1) is 24.0 Å². The number of carbonyl (C=O) groups is 1. The summed E-state index contributed by atoms with van der Waals surface area (Å²) in [7, 11) is -1.37. The molecule has 27 heavy (non-hydrogen) atoms. The molecule has 1 amide bonds. The van der Waals surface area contributed by atoms with E-state index in [1.54, 1.807) is 34.1 Å². The summed E-state index contributed by atoms with van der Waals surface area (Å²) in [6.07, 6.45) is 1.19. The smallest absolute Gasteiger partial charge is 0.242 e. The number of carbonyl (C=O) groups excluding carboxylic acids is 1. The fraction of sp³-hybridized carbons (Fsp3) is 0.556. The van der Waals surface area contributed by atoms with Crippen LogP contribution in [0.3, 0.4) is 0 Å². The number of sulfone groups is 1. The second-order valence-electron chi connectivity index (χ2n) is 6.01. The molecule has 0 bridgehead atoms. The molecule has 0 aliphatic rings. The zero-order valence-electron chi connectivity index (χ0n) is 16.7. The molecule has 0 saturated carbocycles. The highest BCUT2D eigenvalue weighted by molar-refractivity contribution is 14.0. The summed E-state index contributed by atoms with van der Waals surface area (Å²) in [6.45, 7) is 8.59. The Hall–Kier alpha value is -1.36. The Balaban J connectivity index is 0.00000676. The largest absolute Gasteiger partial charge is 0.357 e. The SMILES string of the molecule is CCNC(=NCc1ccc(S(C)(=O)=O)cc1)N(C)CC(=O)N(CC)CC.I. The number of benzene rings is 1. The molecule has 7 nitrogen and oxygen atoms in total. The number of likely N-dealkylation sites (N-methyl/N-ethyl adjacent to an activating group) is 2. The Bertz CT molecular complexity index is 717. The van der Waals surface area contributed by atoms with Gasteiger partial charge in [-0.05, 0) is 38.5 Å². The van der Waals surface area contributed by atoms with Crippen LogP contribution in [0.5, 0.6) is 0 Å². The number of hydrogen-bond acceptors (Lipinski definition) is 4. The topological polar surface area (TPSA) is 82.1 Å². The van der Waals surface area contributed by atoms with Gasteiger partial charge in [-0.1, -0.05) is 12.1 Å². The number of rotatable bonds is 8. The zero-order chi connectivity index (χ0) is 19.7. The molecule has 0 aliphatic carbocycles. The normalized spacial score (nSPS) is 11.5. The number of aliphatic imine (C=N–C) groups is 1. The van der Waals surface area contributed by atoms with Crippen LogP contribution in [0.4, 0.5) is 0 Å². The quantitative estimate of drug-likeness (QED) is 0.329. The predicted molar refractivity (Wildman–Crippen MR) is 120 cm³/mol. The highest BCUT2D eigenvalue weighted by atomic mass is 127. The van der Waals surface area contributed by atoms with E-state index in [1.165, 1.54) is 6.26 Å². The highest BCUT2D eigenvalue weighted by Gasteiger charge is 2.15. The van der Waals surface area contributed by atoms with Crippen LogP contribution >= 0.6 is 24.0 Å². The third-order valence-electron chi connectivity index (χ3n) is 3.95. The molecule has 0 atom stereocenters. The molecular formula is C18H31IN4O3S. The molecule has 1 aromatic carbocycles. The van der Waals surface area contributed by atoms with Gasteiger partial charge in [0, 0.05) is 32.9 Å². The van der Waals surface area contributed by atoms with E-state index in [0.717, 1.165) is 5.56 Å². The van der Waals surface area contributed by atoms with E-state index in [4.69, 9.17) is 0 Å². The van der Waals surface area contributed by atoms with Gasteiger partial charge in [-0.25, -0.2) is 13.4 Å². The average Bonchev–Trinajstić information content (AvgIpc) is 2.59. The minimum atomic E-state index is -3.20. The molecule has 0 saturated heterocycles. The number of halogens is 1. The molecule has 1 aromatic rings. The maximum atomic E-state index is 12.3. The van der Waals surface area contributed by atoms with Crippen molar-refractivity contribution >= 4 is 45.7 Å². The van der Waals surface area contributed by atoms with Gasteiger partial charge >= 0.3 is 0 Å². The monoisotopic (exact) mass is 510 g/mol. The van der Waals surface area contributed by atoms with Gasteiger partial charge in [0.15, 0.2) is 15.8 Å². The maximum Gasteiger partial charge on any atom is 0.242 e. The fourth-order valence-corrected chi connectivity index (χ4v) is 3.06. The first-order valence-corrected chi connectivity index (χ1v) is 10.7. The van der Waals surface area contributed by atoms with Gasteiger partial charge in [-0.3, -0.25) is 4.79 Å². The van der Waals surface area contributed by atoms with E-state index in [9.17, 15) is 13.2 Å². The molecule has 0 spiro atoms. The summed E-state index contributed by atoms with van der Waals surface area (Å²) in [4.78, 5) is 20.7. The van der Waals surface area contributed by atoms with Crippen LogP contribution in [0, 0.1) is 0 Å². The number of hydrogen-bond donors (Lipinski definition) is 1. The number of nitrogens with zero attached hydrogens (tertiary/aromatic N) is 3. The van der Waals surface area contributed by atoms with Gasteiger partial charge in [0.25, 0.3) is 0 Å². The van der Waals surface area contributed by atoms with E-state index >= 15 is 0 Å². The number of nitrogens with one attached hydrogen (secondary N) is 1. The van der Waals surface area contributed by atoms with E-state index < -0.39 is 9.84 Å². The van der Waals surface area contributed by atoms with Crippen molar-refractivity contribution in [3.8, 4) is 0 Å². The minimum Gasteiger partial charge on any atom is -0.357 e. The van der Waals surface area contributed by atoms with Crippen LogP contribution in [0.1, 0.15) is 26.3 Å². The Kier molecular flexibility index (Phi) is 11.6. The Labute approximate surface area is 180 Å². The molecular weight excluding hydrogens is 479 g/mol. The summed E-state index contributed by atoms with van der Waals surface area (Å²) in [5, 5.41) is 3.18. The molecule has 9 heteroatoms.